The molecule has 2 aromatic carbocycles. The van der Waals surface area contributed by atoms with Gasteiger partial charge < -0.3 is 4.74 Å². The van der Waals surface area contributed by atoms with Crippen molar-refractivity contribution >= 4 is 72.6 Å². The van der Waals surface area contributed by atoms with Gasteiger partial charge in [-0.1, -0.05) is 63.2 Å². The van der Waals surface area contributed by atoms with Gasteiger partial charge in [0.15, 0.2) is 0 Å². The van der Waals surface area contributed by atoms with Gasteiger partial charge in [0.05, 0.1) is 16.9 Å². The monoisotopic (exact) mass is 434 g/mol. The summed E-state index contributed by atoms with van der Waals surface area (Å²) in [7, 11) is 0.220. The first-order valence-corrected chi connectivity index (χ1v) is 11.2. The van der Waals surface area contributed by atoms with Crippen LogP contribution in [-0.4, -0.2) is 49.6 Å². The van der Waals surface area contributed by atoms with Gasteiger partial charge in [-0.05, 0) is 29.3 Å². The van der Waals surface area contributed by atoms with Gasteiger partial charge in [-0.25, -0.2) is 0 Å². The fraction of sp³-hybridized carbons (Fsp3) is 0.118. The average Bonchev–Trinajstić information content (AvgIpc) is 2.95. The third kappa shape index (κ3) is 4.82. The molecule has 0 bridgehead atoms. The van der Waals surface area contributed by atoms with Crippen LogP contribution < -0.4 is 4.74 Å². The molecule has 1 N–H and O–H groups in total. The van der Waals surface area contributed by atoms with Crippen LogP contribution in [0, 0.1) is 3.82 Å². The number of hydrogen-bond acceptors (Lipinski definition) is 6. The maximum atomic E-state index is 11.7. The second-order valence-corrected chi connectivity index (χ2v) is 9.46. The molecule has 0 radical (unpaired) electrons. The zero-order valence-electron chi connectivity index (χ0n) is 13.1. The quantitative estimate of drug-likeness (QED) is 0.279. The standard InChI is InChI=1S/C17H14O4S4.Na.H/c1-21-13-7-8-15(25(18,19)20)12(9-13)10-14-16(23-24-17(14)22)11-5-3-2-4-6-11;;/h2-9H,10H2,1H3,(H,18,19,20);;. The van der Waals surface area contributed by atoms with Crippen LogP contribution in [0.3, 0.4) is 0 Å². The summed E-state index contributed by atoms with van der Waals surface area (Å²) in [6.45, 7) is 0. The summed E-state index contributed by atoms with van der Waals surface area (Å²) >= 11 is 5.46. The van der Waals surface area contributed by atoms with Gasteiger partial charge in [-0.2, -0.15) is 8.42 Å². The number of benzene rings is 2. The first kappa shape index (κ1) is 21.7. The summed E-state index contributed by atoms with van der Waals surface area (Å²) in [5.74, 6) is 0.522. The Morgan fingerprint density at radius 3 is 2.42 bits per heavy atom. The molecule has 9 heteroatoms. The number of methoxy groups -OCH3 is 1. The van der Waals surface area contributed by atoms with Crippen LogP contribution in [-0.2, 0) is 16.5 Å². The molecule has 0 saturated heterocycles. The predicted octanol–water partition coefficient (Wildman–Crippen LogP) is 4.40. The number of hydrogen-bond donors (Lipinski definition) is 1. The summed E-state index contributed by atoms with van der Waals surface area (Å²) < 4.78 is 38.9. The van der Waals surface area contributed by atoms with Crippen molar-refractivity contribution in [3.8, 4) is 16.2 Å². The second kappa shape index (κ2) is 9.07. The molecule has 0 unspecified atom stereocenters. The SMILES string of the molecule is COc1ccc(S(=O)(=O)O)c(Cc2c(-c3ccccc3)ssc2=S)c1.[NaH]. The molecule has 4 nitrogen and oxygen atoms in total. The summed E-state index contributed by atoms with van der Waals surface area (Å²) in [5.41, 5.74) is 2.37. The van der Waals surface area contributed by atoms with Crippen LogP contribution in [0.25, 0.3) is 10.4 Å². The Bertz CT molecular complexity index is 1060. The molecule has 132 valence electrons. The van der Waals surface area contributed by atoms with Gasteiger partial charge >= 0.3 is 29.6 Å². The van der Waals surface area contributed by atoms with Crippen molar-refractivity contribution in [2.24, 2.45) is 0 Å². The van der Waals surface area contributed by atoms with Crippen molar-refractivity contribution in [2.75, 3.05) is 7.11 Å². The van der Waals surface area contributed by atoms with Crippen LogP contribution in [0.2, 0.25) is 0 Å². The van der Waals surface area contributed by atoms with Crippen LogP contribution >= 0.6 is 32.9 Å². The van der Waals surface area contributed by atoms with E-state index in [0.29, 0.717) is 21.6 Å². The first-order valence-electron chi connectivity index (χ1n) is 7.22. The van der Waals surface area contributed by atoms with Crippen LogP contribution in [0.5, 0.6) is 5.75 Å². The molecule has 0 saturated carbocycles. The molecule has 0 spiro atoms. The van der Waals surface area contributed by atoms with E-state index in [9.17, 15) is 13.0 Å². The Hall–Kier alpha value is -0.580. The Labute approximate surface area is 186 Å². The van der Waals surface area contributed by atoms with E-state index in [1.165, 1.54) is 29.6 Å². The van der Waals surface area contributed by atoms with Gasteiger partial charge in [0, 0.05) is 12.0 Å². The van der Waals surface area contributed by atoms with Gasteiger partial charge in [0.2, 0.25) is 0 Å². The minimum absolute atomic E-state index is 0. The maximum absolute atomic E-state index is 11.7. The third-order valence-corrected chi connectivity index (χ3v) is 7.82. The van der Waals surface area contributed by atoms with E-state index in [2.05, 4.69) is 0 Å². The second-order valence-electron chi connectivity index (χ2n) is 5.25. The van der Waals surface area contributed by atoms with Crippen molar-refractivity contribution in [1.82, 2.24) is 0 Å². The van der Waals surface area contributed by atoms with E-state index in [1.54, 1.807) is 16.4 Å². The normalized spacial score (nSPS) is 11.0. The number of ether oxygens (including phenoxy) is 1. The molecular formula is C17H15NaO4S4. The molecule has 0 aliphatic carbocycles. The molecule has 1 aromatic heterocycles. The predicted molar refractivity (Wildman–Crippen MR) is 111 cm³/mol. The van der Waals surface area contributed by atoms with Crippen molar-refractivity contribution < 1.29 is 17.7 Å². The van der Waals surface area contributed by atoms with Crippen molar-refractivity contribution in [3.63, 3.8) is 0 Å². The van der Waals surface area contributed by atoms with Crippen molar-refractivity contribution in [2.45, 2.75) is 11.3 Å². The minimum atomic E-state index is -4.33. The molecule has 3 aromatic rings. The summed E-state index contributed by atoms with van der Waals surface area (Å²) in [6, 6.07) is 14.3. The van der Waals surface area contributed by atoms with Crippen LogP contribution in [0.4, 0.5) is 0 Å². The van der Waals surface area contributed by atoms with Gasteiger partial charge in [0.1, 0.15) is 9.57 Å². The Morgan fingerprint density at radius 2 is 1.81 bits per heavy atom. The fourth-order valence-corrected chi connectivity index (χ4v) is 6.12. The van der Waals surface area contributed by atoms with E-state index in [1.807, 2.05) is 30.3 Å². The van der Waals surface area contributed by atoms with E-state index < -0.39 is 10.1 Å². The van der Waals surface area contributed by atoms with E-state index in [-0.39, 0.29) is 34.5 Å². The molecule has 26 heavy (non-hydrogen) atoms. The molecule has 0 aliphatic heterocycles. The molecule has 0 fully saturated rings. The topological polar surface area (TPSA) is 63.6 Å². The van der Waals surface area contributed by atoms with Gasteiger partial charge in [0.25, 0.3) is 10.1 Å². The Morgan fingerprint density at radius 1 is 1.12 bits per heavy atom. The Balaban J connectivity index is 0.00000243. The van der Waals surface area contributed by atoms with E-state index in [4.69, 9.17) is 17.0 Å². The van der Waals surface area contributed by atoms with Gasteiger partial charge in [-0.15, -0.1) is 0 Å². The zero-order chi connectivity index (χ0) is 18.0. The van der Waals surface area contributed by atoms with E-state index in [0.717, 1.165) is 16.0 Å². The van der Waals surface area contributed by atoms with Crippen molar-refractivity contribution in [1.29, 1.82) is 0 Å². The fourth-order valence-electron chi connectivity index (χ4n) is 2.50. The third-order valence-electron chi connectivity index (χ3n) is 3.67. The van der Waals surface area contributed by atoms with Crippen LogP contribution in [0.1, 0.15) is 11.1 Å². The molecule has 0 aliphatic rings. The summed E-state index contributed by atoms with van der Waals surface area (Å²) in [5, 5.41) is 0. The molecule has 3 rings (SSSR count). The van der Waals surface area contributed by atoms with Crippen molar-refractivity contribution in [3.05, 3.63) is 63.5 Å². The van der Waals surface area contributed by atoms with E-state index >= 15 is 0 Å². The van der Waals surface area contributed by atoms with Crippen LogP contribution in [0.15, 0.2) is 53.4 Å². The molecule has 0 atom stereocenters. The average molecular weight is 435 g/mol. The number of rotatable bonds is 5. The Kier molecular flexibility index (Phi) is 7.58. The summed E-state index contributed by atoms with van der Waals surface area (Å²) in [6.07, 6.45) is 0.301. The molecule has 0 amide bonds. The first-order chi connectivity index (χ1) is 11.9. The molecular weight excluding hydrogens is 419 g/mol. The van der Waals surface area contributed by atoms with Gasteiger partial charge in [-0.3, -0.25) is 4.55 Å². The summed E-state index contributed by atoms with van der Waals surface area (Å²) in [4.78, 5) is 0.887. The zero-order valence-corrected chi connectivity index (χ0v) is 16.4. The molecule has 1 heterocycles.